The zero-order valence-corrected chi connectivity index (χ0v) is 15.2. The number of amides is 1. The van der Waals surface area contributed by atoms with Gasteiger partial charge in [-0.15, -0.1) is 11.3 Å². The number of aromatic nitrogens is 4. The van der Waals surface area contributed by atoms with Crippen LogP contribution < -0.4 is 0 Å². The molecule has 0 fully saturated rings. The minimum atomic E-state index is -0.770. The largest absolute Gasteiger partial charge is 0.382 e. The van der Waals surface area contributed by atoms with E-state index in [-0.39, 0.29) is 5.91 Å². The summed E-state index contributed by atoms with van der Waals surface area (Å²) in [6.45, 7) is 1.63. The Morgan fingerprint density at radius 2 is 2.07 bits per heavy atom. The maximum Gasteiger partial charge on any atom is 0.274 e. The van der Waals surface area contributed by atoms with Gasteiger partial charge >= 0.3 is 0 Å². The Bertz CT molecular complexity index is 1090. The van der Waals surface area contributed by atoms with Gasteiger partial charge in [0.1, 0.15) is 11.8 Å². The molecule has 4 heterocycles. The van der Waals surface area contributed by atoms with Crippen LogP contribution in [0.15, 0.2) is 54.2 Å². The van der Waals surface area contributed by atoms with Crippen LogP contribution in [0.1, 0.15) is 33.5 Å². The summed E-state index contributed by atoms with van der Waals surface area (Å²) < 4.78 is 3.73. The number of aliphatic hydroxyl groups is 1. The highest BCUT2D eigenvalue weighted by molar-refractivity contribution is 7.15. The minimum Gasteiger partial charge on any atom is -0.382 e. The van der Waals surface area contributed by atoms with E-state index in [2.05, 4.69) is 10.1 Å². The quantitative estimate of drug-likeness (QED) is 0.593. The van der Waals surface area contributed by atoms with E-state index in [4.69, 9.17) is 0 Å². The van der Waals surface area contributed by atoms with Gasteiger partial charge in [-0.25, -0.2) is 4.98 Å². The van der Waals surface area contributed by atoms with Crippen molar-refractivity contribution in [1.29, 1.82) is 0 Å². The number of rotatable bonds is 3. The number of fused-ring (bicyclic) bond motifs is 2. The predicted octanol–water partition coefficient (Wildman–Crippen LogP) is 2.33. The van der Waals surface area contributed by atoms with E-state index < -0.39 is 6.10 Å². The van der Waals surface area contributed by atoms with Crippen LogP contribution in [-0.4, -0.2) is 41.6 Å². The van der Waals surface area contributed by atoms with Crippen LogP contribution >= 0.6 is 11.3 Å². The molecule has 136 valence electrons. The van der Waals surface area contributed by atoms with Crippen LogP contribution in [0.2, 0.25) is 0 Å². The summed E-state index contributed by atoms with van der Waals surface area (Å²) in [7, 11) is 0. The van der Waals surface area contributed by atoms with Gasteiger partial charge in [0, 0.05) is 24.3 Å². The van der Waals surface area contributed by atoms with Gasteiger partial charge in [-0.05, 0) is 11.6 Å². The third-order valence-electron chi connectivity index (χ3n) is 4.81. The first-order valence-electron chi connectivity index (χ1n) is 8.70. The summed E-state index contributed by atoms with van der Waals surface area (Å²) in [6, 6.07) is 11.3. The van der Waals surface area contributed by atoms with Crippen LogP contribution in [0.5, 0.6) is 0 Å². The zero-order valence-electron chi connectivity index (χ0n) is 14.4. The molecule has 5 rings (SSSR count). The van der Waals surface area contributed by atoms with E-state index in [9.17, 15) is 9.90 Å². The number of carbonyl (C=O) groups excluding carboxylic acids is 1. The van der Waals surface area contributed by atoms with Crippen molar-refractivity contribution in [2.45, 2.75) is 19.2 Å². The molecule has 0 radical (unpaired) electrons. The van der Waals surface area contributed by atoms with Crippen molar-refractivity contribution >= 4 is 22.2 Å². The van der Waals surface area contributed by atoms with Gasteiger partial charge in [0.05, 0.1) is 24.5 Å². The third kappa shape index (κ3) is 2.83. The molecule has 1 aliphatic heterocycles. The van der Waals surface area contributed by atoms with Crippen molar-refractivity contribution in [3.8, 4) is 0 Å². The van der Waals surface area contributed by atoms with E-state index >= 15 is 0 Å². The molecular weight excluding hydrogens is 362 g/mol. The number of aliphatic hydroxyl groups excluding tert-OH is 1. The highest BCUT2D eigenvalue weighted by Gasteiger charge is 2.26. The van der Waals surface area contributed by atoms with E-state index in [0.717, 1.165) is 16.2 Å². The summed E-state index contributed by atoms with van der Waals surface area (Å²) in [6.07, 6.45) is 2.89. The van der Waals surface area contributed by atoms with E-state index in [1.807, 2.05) is 57.1 Å². The highest BCUT2D eigenvalue weighted by atomic mass is 32.1. The Kier molecular flexibility index (Phi) is 3.80. The first-order chi connectivity index (χ1) is 13.2. The summed E-state index contributed by atoms with van der Waals surface area (Å²) in [5.74, 6) is -0.0801. The predicted molar refractivity (Wildman–Crippen MR) is 101 cm³/mol. The molecule has 0 saturated heterocycles. The van der Waals surface area contributed by atoms with Crippen molar-refractivity contribution in [1.82, 2.24) is 24.1 Å². The molecule has 3 aromatic heterocycles. The Hall–Kier alpha value is -2.97. The summed E-state index contributed by atoms with van der Waals surface area (Å²) in [5.41, 5.74) is 2.78. The van der Waals surface area contributed by atoms with Crippen molar-refractivity contribution < 1.29 is 9.90 Å². The van der Waals surface area contributed by atoms with E-state index in [0.29, 0.717) is 31.0 Å². The lowest BCUT2D eigenvalue weighted by atomic mass is 10.1. The molecule has 0 spiro atoms. The SMILES string of the molecule is O=C(c1cn2ccsc2n1)N1CCn2nc(C(O)c3ccccc3)cc2C1. The average Bonchev–Trinajstić information content (AvgIpc) is 3.41. The smallest absolute Gasteiger partial charge is 0.274 e. The lowest BCUT2D eigenvalue weighted by molar-refractivity contribution is 0.0700. The molecule has 1 aliphatic rings. The maximum atomic E-state index is 12.8. The number of hydrogen-bond donors (Lipinski definition) is 1. The second-order valence-electron chi connectivity index (χ2n) is 6.54. The highest BCUT2D eigenvalue weighted by Crippen LogP contribution is 2.24. The average molecular weight is 379 g/mol. The normalized spacial score (nSPS) is 15.1. The van der Waals surface area contributed by atoms with Crippen molar-refractivity contribution in [3.05, 3.63) is 76.8 Å². The number of hydrogen-bond acceptors (Lipinski definition) is 5. The standard InChI is InChI=1S/C19H17N5O2S/c25-17(13-4-2-1-3-5-13)15-10-14-11-22(6-7-24(14)21-15)18(26)16-12-23-8-9-27-19(23)20-16/h1-5,8-10,12,17,25H,6-7,11H2. The molecule has 0 saturated carbocycles. The lowest BCUT2D eigenvalue weighted by Crippen LogP contribution is -2.38. The van der Waals surface area contributed by atoms with E-state index in [1.54, 1.807) is 11.1 Å². The molecule has 1 N–H and O–H groups in total. The van der Waals surface area contributed by atoms with Crippen molar-refractivity contribution in [3.63, 3.8) is 0 Å². The molecule has 1 amide bonds. The zero-order chi connectivity index (χ0) is 18.4. The summed E-state index contributed by atoms with van der Waals surface area (Å²) in [4.78, 5) is 19.8. The molecule has 4 aromatic rings. The fourth-order valence-electron chi connectivity index (χ4n) is 3.39. The van der Waals surface area contributed by atoms with Gasteiger partial charge in [0.15, 0.2) is 4.96 Å². The van der Waals surface area contributed by atoms with E-state index in [1.165, 1.54) is 11.3 Å². The number of thiazole rings is 1. The van der Waals surface area contributed by atoms with Gasteiger partial charge in [-0.3, -0.25) is 13.9 Å². The maximum absolute atomic E-state index is 12.8. The van der Waals surface area contributed by atoms with Crippen LogP contribution in [0.25, 0.3) is 4.96 Å². The Labute approximate surface area is 159 Å². The summed E-state index contributed by atoms with van der Waals surface area (Å²) in [5, 5.41) is 17.1. The fraction of sp³-hybridized carbons (Fsp3) is 0.211. The fourth-order valence-corrected chi connectivity index (χ4v) is 4.09. The molecular formula is C19H17N5O2S. The van der Waals surface area contributed by atoms with Crippen LogP contribution in [0.4, 0.5) is 0 Å². The molecule has 1 atom stereocenters. The second-order valence-corrected chi connectivity index (χ2v) is 7.42. The molecule has 8 heteroatoms. The molecule has 0 aliphatic carbocycles. The molecule has 7 nitrogen and oxygen atoms in total. The van der Waals surface area contributed by atoms with Crippen LogP contribution in [0.3, 0.4) is 0 Å². The summed E-state index contributed by atoms with van der Waals surface area (Å²) >= 11 is 1.50. The topological polar surface area (TPSA) is 75.7 Å². The lowest BCUT2D eigenvalue weighted by Gasteiger charge is -2.26. The third-order valence-corrected chi connectivity index (χ3v) is 5.58. The number of nitrogens with zero attached hydrogens (tertiary/aromatic N) is 5. The van der Waals surface area contributed by atoms with Crippen molar-refractivity contribution in [2.75, 3.05) is 6.54 Å². The molecule has 1 unspecified atom stereocenters. The number of benzene rings is 1. The van der Waals surface area contributed by atoms with Gasteiger partial charge in [-0.1, -0.05) is 30.3 Å². The van der Waals surface area contributed by atoms with Crippen molar-refractivity contribution in [2.24, 2.45) is 0 Å². The number of carbonyl (C=O) groups is 1. The van der Waals surface area contributed by atoms with Gasteiger partial charge in [0.25, 0.3) is 5.91 Å². The Morgan fingerprint density at radius 1 is 1.22 bits per heavy atom. The van der Waals surface area contributed by atoms with Gasteiger partial charge in [-0.2, -0.15) is 5.10 Å². The monoisotopic (exact) mass is 379 g/mol. The van der Waals surface area contributed by atoms with Gasteiger partial charge in [0.2, 0.25) is 0 Å². The Morgan fingerprint density at radius 3 is 2.89 bits per heavy atom. The molecule has 0 bridgehead atoms. The molecule has 1 aromatic carbocycles. The minimum absolute atomic E-state index is 0.0801. The van der Waals surface area contributed by atoms with Crippen LogP contribution in [0, 0.1) is 0 Å². The first kappa shape index (κ1) is 16.2. The molecule has 27 heavy (non-hydrogen) atoms. The second kappa shape index (κ2) is 6.33. The van der Waals surface area contributed by atoms with Gasteiger partial charge < -0.3 is 10.0 Å². The van der Waals surface area contributed by atoms with Crippen LogP contribution in [-0.2, 0) is 13.1 Å². The first-order valence-corrected chi connectivity index (χ1v) is 9.58. The Balaban J connectivity index is 1.37. The number of imidazole rings is 1.